The second kappa shape index (κ2) is 6.10. The minimum atomic E-state index is -8.74. The van der Waals surface area contributed by atoms with E-state index in [1.807, 2.05) is 0 Å². The van der Waals surface area contributed by atoms with Crippen molar-refractivity contribution in [3.05, 3.63) is 0 Å². The number of hydrogen-bond acceptors (Lipinski definition) is 1. The third-order valence-corrected chi connectivity index (χ3v) is 2.79. The molecule has 27 heavy (non-hydrogen) atoms. The number of hydrogen-bond donors (Lipinski definition) is 0. The van der Waals surface area contributed by atoms with Crippen molar-refractivity contribution >= 4 is 0 Å². The maximum atomic E-state index is 12.9. The molecule has 0 unspecified atom stereocenters. The zero-order valence-electron chi connectivity index (χ0n) is 11.2. The van der Waals surface area contributed by atoms with Crippen molar-refractivity contribution in [2.24, 2.45) is 0 Å². The summed E-state index contributed by atoms with van der Waals surface area (Å²) in [6.07, 6.45) is -15.3. The molecule has 0 saturated heterocycles. The molecule has 0 N–H and O–H groups in total. The summed E-state index contributed by atoms with van der Waals surface area (Å²) in [5.74, 6) is -51.0. The van der Waals surface area contributed by atoms with Crippen molar-refractivity contribution in [2.75, 3.05) is 0 Å². The third kappa shape index (κ3) is 3.04. The summed E-state index contributed by atoms with van der Waals surface area (Å²) in [6, 6.07) is 0. The van der Waals surface area contributed by atoms with Crippen molar-refractivity contribution in [3.63, 3.8) is 0 Å². The molecule has 0 atom stereocenters. The quantitative estimate of drug-likeness (QED) is 0.439. The minimum absolute atomic E-state index is 0.847. The van der Waals surface area contributed by atoms with E-state index in [4.69, 9.17) is 0 Å². The van der Waals surface area contributed by atoms with Crippen LogP contribution in [0.1, 0.15) is 0 Å². The molecule has 0 radical (unpaired) electrons. The molecule has 0 aliphatic heterocycles. The van der Waals surface area contributed by atoms with Gasteiger partial charge in [-0.3, -0.25) is 0 Å². The van der Waals surface area contributed by atoms with E-state index < -0.39 is 47.8 Å². The molecular weight excluding hydrogens is 454 g/mol. The first-order valence-corrected chi connectivity index (χ1v) is 5.32. The minimum Gasteiger partial charge on any atom is -0.192 e. The molecule has 0 aromatic rings. The van der Waals surface area contributed by atoms with Crippen LogP contribution in [0.2, 0.25) is 0 Å². The second-order valence-electron chi connectivity index (χ2n) is 4.54. The Labute approximate surface area is 133 Å². The van der Waals surface area contributed by atoms with Gasteiger partial charge in [-0.2, -0.15) is 74.6 Å². The number of rotatable bonds is 7. The summed E-state index contributed by atoms with van der Waals surface area (Å²) in [5, 5.41) is 0. The smallest absolute Gasteiger partial charge is 0.192 e. The first-order chi connectivity index (χ1) is 11.3. The van der Waals surface area contributed by atoms with Gasteiger partial charge < -0.3 is 0 Å². The zero-order chi connectivity index (χ0) is 22.7. The molecule has 0 heterocycles. The van der Waals surface area contributed by atoms with E-state index in [1.165, 1.54) is 0 Å². The average molecular weight is 454 g/mol. The summed E-state index contributed by atoms with van der Waals surface area (Å²) in [4.78, 5) is 0.847. The normalized spacial score (nSPS) is 16.7. The molecule has 0 rings (SSSR count). The van der Waals surface area contributed by atoms with Crippen LogP contribution >= 0.6 is 0 Å². The van der Waals surface area contributed by atoms with Crippen LogP contribution in [-0.2, 0) is 4.94 Å². The van der Waals surface area contributed by atoms with Crippen molar-refractivity contribution < 1.29 is 84.1 Å². The Morgan fingerprint density at radius 2 is 0.556 bits per heavy atom. The number of alkyl halides is 17. The Kier molecular flexibility index (Phi) is 5.80. The molecule has 0 amide bonds. The fourth-order valence-corrected chi connectivity index (χ4v) is 1.20. The predicted molar refractivity (Wildman–Crippen MR) is 42.9 cm³/mol. The maximum absolute atomic E-state index is 12.9. The van der Waals surface area contributed by atoms with Gasteiger partial charge in [-0.25, -0.2) is 0 Å². The summed E-state index contributed by atoms with van der Waals surface area (Å²) in [6.45, 7) is 0. The van der Waals surface area contributed by atoms with Gasteiger partial charge in [-0.15, -0.1) is 4.94 Å². The van der Waals surface area contributed by atoms with Gasteiger partial charge in [0.15, 0.2) is 0 Å². The van der Waals surface area contributed by atoms with Crippen LogP contribution in [0.15, 0.2) is 0 Å². The standard InChI is InChI=1S/C8F18O/c9-1(10,3(13,14)5(17,18)7(21,22)23)2(11,12)4(15,16)6(19,20)8(24,25)27-26. The highest BCUT2D eigenvalue weighted by molar-refractivity contribution is 5.14. The Morgan fingerprint density at radius 1 is 0.333 bits per heavy atom. The monoisotopic (exact) mass is 454 g/mol. The SMILES string of the molecule is FOC(F)(F)C(F)(F)C(F)(F)C(F)(F)C(F)(F)C(F)(F)C(F)(F)C(F)(F)F. The Balaban J connectivity index is 6.65. The van der Waals surface area contributed by atoms with Gasteiger partial charge in [0.2, 0.25) is 0 Å². The summed E-state index contributed by atoms with van der Waals surface area (Å²) in [5.41, 5.74) is 0. The largest absolute Gasteiger partial charge is 0.460 e. The zero-order valence-corrected chi connectivity index (χ0v) is 11.2. The fraction of sp³-hybridized carbons (Fsp3) is 1.00. The van der Waals surface area contributed by atoms with Crippen LogP contribution in [0.25, 0.3) is 0 Å². The van der Waals surface area contributed by atoms with E-state index in [1.54, 1.807) is 0 Å². The van der Waals surface area contributed by atoms with E-state index in [0.29, 0.717) is 0 Å². The lowest BCUT2D eigenvalue weighted by Crippen LogP contribution is -2.74. The highest BCUT2D eigenvalue weighted by Gasteiger charge is 2.95. The molecule has 0 bridgehead atoms. The molecule has 0 fully saturated rings. The van der Waals surface area contributed by atoms with Crippen LogP contribution in [-0.4, -0.2) is 47.8 Å². The predicted octanol–water partition coefficient (Wildman–Crippen LogP) is 5.85. The maximum Gasteiger partial charge on any atom is 0.460 e. The topological polar surface area (TPSA) is 9.23 Å². The molecule has 0 aromatic carbocycles. The fourth-order valence-electron chi connectivity index (χ4n) is 1.20. The van der Waals surface area contributed by atoms with Crippen LogP contribution in [0, 0.1) is 0 Å². The molecule has 0 aliphatic rings. The van der Waals surface area contributed by atoms with Gasteiger partial charge in [-0.1, -0.05) is 0 Å². The van der Waals surface area contributed by atoms with Gasteiger partial charge in [-0.05, 0) is 4.53 Å². The van der Waals surface area contributed by atoms with Gasteiger partial charge in [0.05, 0.1) is 0 Å². The summed E-state index contributed by atoms with van der Waals surface area (Å²) >= 11 is 0. The highest BCUT2D eigenvalue weighted by atomic mass is 19.4. The van der Waals surface area contributed by atoms with E-state index in [0.717, 1.165) is 4.94 Å². The highest BCUT2D eigenvalue weighted by Crippen LogP contribution is 2.63. The van der Waals surface area contributed by atoms with Crippen molar-refractivity contribution in [2.45, 2.75) is 47.8 Å². The van der Waals surface area contributed by atoms with Crippen LogP contribution < -0.4 is 0 Å². The van der Waals surface area contributed by atoms with Gasteiger partial charge in [0.1, 0.15) is 0 Å². The number of halogens is 18. The Hall–Kier alpha value is -1.30. The molecule has 164 valence electrons. The molecule has 19 heteroatoms. The van der Waals surface area contributed by atoms with Gasteiger partial charge in [0, 0.05) is 0 Å². The molecule has 0 aliphatic carbocycles. The molecule has 0 aromatic heterocycles. The molecular formula is C8F18O. The lowest BCUT2D eigenvalue weighted by molar-refractivity contribution is -0.497. The van der Waals surface area contributed by atoms with E-state index in [2.05, 4.69) is 0 Å². The first-order valence-electron chi connectivity index (χ1n) is 5.32. The van der Waals surface area contributed by atoms with Gasteiger partial charge in [0.25, 0.3) is 0 Å². The van der Waals surface area contributed by atoms with Crippen LogP contribution in [0.5, 0.6) is 0 Å². The van der Waals surface area contributed by atoms with E-state index in [9.17, 15) is 79.2 Å². The van der Waals surface area contributed by atoms with Crippen LogP contribution in [0.3, 0.4) is 0 Å². The average Bonchev–Trinajstić information content (AvgIpc) is 2.44. The van der Waals surface area contributed by atoms with Crippen molar-refractivity contribution in [3.8, 4) is 0 Å². The van der Waals surface area contributed by atoms with Crippen molar-refractivity contribution in [1.29, 1.82) is 0 Å². The van der Waals surface area contributed by atoms with Crippen molar-refractivity contribution in [1.82, 2.24) is 0 Å². The molecule has 1 nitrogen and oxygen atoms in total. The van der Waals surface area contributed by atoms with Crippen LogP contribution in [0.4, 0.5) is 79.2 Å². The molecule has 0 saturated carbocycles. The Bertz CT molecular complexity index is 542. The first kappa shape index (κ1) is 25.7. The lowest BCUT2D eigenvalue weighted by atomic mass is 9.91. The summed E-state index contributed by atoms with van der Waals surface area (Å²) < 4.78 is 223. The molecule has 0 spiro atoms. The lowest BCUT2D eigenvalue weighted by Gasteiger charge is -2.41. The van der Waals surface area contributed by atoms with Gasteiger partial charge >= 0.3 is 47.8 Å². The third-order valence-electron chi connectivity index (χ3n) is 2.79. The van der Waals surface area contributed by atoms with E-state index in [-0.39, 0.29) is 0 Å². The summed E-state index contributed by atoms with van der Waals surface area (Å²) in [7, 11) is 0. The second-order valence-corrected chi connectivity index (χ2v) is 4.54. The Morgan fingerprint density at radius 3 is 0.778 bits per heavy atom. The van der Waals surface area contributed by atoms with E-state index >= 15 is 0 Å².